The molecule has 0 fully saturated rings. The fourth-order valence-corrected chi connectivity index (χ4v) is 2.85. The molecule has 0 amide bonds. The molecule has 0 atom stereocenters. The highest BCUT2D eigenvalue weighted by Crippen LogP contribution is 2.26. The average molecular weight is 367 g/mol. The van der Waals surface area contributed by atoms with Crippen molar-refractivity contribution in [1.29, 1.82) is 5.41 Å². The van der Waals surface area contributed by atoms with Crippen LogP contribution in [0.25, 0.3) is 0 Å². The van der Waals surface area contributed by atoms with Crippen molar-refractivity contribution in [2.45, 2.75) is 27.4 Å². The van der Waals surface area contributed by atoms with Crippen molar-refractivity contribution in [3.63, 3.8) is 0 Å². The zero-order valence-corrected chi connectivity index (χ0v) is 16.3. The molecule has 6 heteroatoms. The highest BCUT2D eigenvalue weighted by atomic mass is 16.5. The lowest BCUT2D eigenvalue weighted by Crippen LogP contribution is -2.15. The third kappa shape index (κ3) is 4.53. The second-order valence-electron chi connectivity index (χ2n) is 6.22. The van der Waals surface area contributed by atoms with Gasteiger partial charge >= 0.3 is 0 Å². The van der Waals surface area contributed by atoms with E-state index in [1.807, 2.05) is 45.0 Å². The fourth-order valence-electron chi connectivity index (χ4n) is 2.85. The molecule has 0 heterocycles. The SMILES string of the molecule is CN/C(OC)=C(/C)C(=N)c1ccc(OCc2c(C)cccc2N=O)c(C)c1. The Morgan fingerprint density at radius 1 is 1.19 bits per heavy atom. The highest BCUT2D eigenvalue weighted by Gasteiger charge is 2.12. The summed E-state index contributed by atoms with van der Waals surface area (Å²) in [7, 11) is 3.32. The van der Waals surface area contributed by atoms with E-state index in [0.717, 1.165) is 27.8 Å². The maximum atomic E-state index is 11.0. The van der Waals surface area contributed by atoms with Gasteiger partial charge in [-0.25, -0.2) is 0 Å². The molecule has 0 aromatic heterocycles. The van der Waals surface area contributed by atoms with Crippen molar-refractivity contribution in [2.24, 2.45) is 5.18 Å². The first-order chi connectivity index (χ1) is 12.9. The summed E-state index contributed by atoms with van der Waals surface area (Å²) >= 11 is 0. The van der Waals surface area contributed by atoms with E-state index in [1.165, 1.54) is 0 Å². The van der Waals surface area contributed by atoms with Gasteiger partial charge in [0.2, 0.25) is 0 Å². The first-order valence-electron chi connectivity index (χ1n) is 8.60. The molecule has 0 bridgehead atoms. The van der Waals surface area contributed by atoms with Gasteiger partial charge in [0, 0.05) is 23.7 Å². The summed E-state index contributed by atoms with van der Waals surface area (Å²) in [5.41, 5.74) is 4.91. The predicted octanol–water partition coefficient (Wildman–Crippen LogP) is 4.75. The maximum absolute atomic E-state index is 11.0. The summed E-state index contributed by atoms with van der Waals surface area (Å²) in [6, 6.07) is 11.0. The van der Waals surface area contributed by atoms with Crippen molar-refractivity contribution in [1.82, 2.24) is 5.32 Å². The zero-order valence-electron chi connectivity index (χ0n) is 16.3. The maximum Gasteiger partial charge on any atom is 0.191 e. The smallest absolute Gasteiger partial charge is 0.191 e. The second-order valence-corrected chi connectivity index (χ2v) is 6.22. The van der Waals surface area contributed by atoms with Crippen LogP contribution in [0.5, 0.6) is 5.75 Å². The average Bonchev–Trinajstić information content (AvgIpc) is 2.67. The van der Waals surface area contributed by atoms with Crippen LogP contribution >= 0.6 is 0 Å². The van der Waals surface area contributed by atoms with Crippen LogP contribution in [0.15, 0.2) is 53.0 Å². The van der Waals surface area contributed by atoms with Gasteiger partial charge in [0.15, 0.2) is 5.88 Å². The number of ether oxygens (including phenoxy) is 2. The van der Waals surface area contributed by atoms with Gasteiger partial charge in [-0.2, -0.15) is 0 Å². The molecule has 0 aliphatic carbocycles. The Kier molecular flexibility index (Phi) is 6.71. The van der Waals surface area contributed by atoms with Crippen LogP contribution in [0.4, 0.5) is 5.69 Å². The van der Waals surface area contributed by atoms with Crippen LogP contribution in [-0.2, 0) is 11.3 Å². The number of benzene rings is 2. The van der Waals surface area contributed by atoms with Gasteiger partial charge in [-0.05, 0) is 61.3 Å². The Hall–Kier alpha value is -3.15. The molecule has 0 saturated carbocycles. The van der Waals surface area contributed by atoms with Crippen LogP contribution in [0, 0.1) is 24.2 Å². The normalized spacial score (nSPS) is 11.4. The molecule has 2 N–H and O–H groups in total. The van der Waals surface area contributed by atoms with E-state index in [0.29, 0.717) is 23.0 Å². The molecule has 0 unspecified atom stereocenters. The Morgan fingerprint density at radius 3 is 2.52 bits per heavy atom. The number of nitrogens with zero attached hydrogens (tertiary/aromatic N) is 1. The first-order valence-corrected chi connectivity index (χ1v) is 8.60. The quantitative estimate of drug-likeness (QED) is 0.401. The summed E-state index contributed by atoms with van der Waals surface area (Å²) in [5, 5.41) is 14.4. The van der Waals surface area contributed by atoms with Crippen LogP contribution in [0.2, 0.25) is 0 Å². The summed E-state index contributed by atoms with van der Waals surface area (Å²) in [6.07, 6.45) is 0. The Labute approximate surface area is 159 Å². The van der Waals surface area contributed by atoms with Crippen molar-refractivity contribution >= 4 is 11.4 Å². The third-order valence-corrected chi connectivity index (χ3v) is 4.47. The Balaban J connectivity index is 2.22. The standard InChI is InChI=1S/C21H25N3O3/c1-13-7-6-8-18(24-25)17(13)12-27-19-10-9-16(11-14(19)2)20(22)15(3)21(23-4)26-5/h6-11,22-23H,12H2,1-5H3/b21-15+,22-20?. The van der Waals surface area contributed by atoms with Gasteiger partial charge in [-0.15, -0.1) is 4.91 Å². The molecule has 2 aromatic rings. The molecular formula is C21H25N3O3. The van der Waals surface area contributed by atoms with E-state index in [2.05, 4.69) is 10.5 Å². The van der Waals surface area contributed by atoms with Gasteiger partial charge < -0.3 is 14.8 Å². The molecule has 142 valence electrons. The lowest BCUT2D eigenvalue weighted by molar-refractivity contribution is 0.265. The number of methoxy groups -OCH3 is 1. The molecule has 27 heavy (non-hydrogen) atoms. The van der Waals surface area contributed by atoms with Crippen LogP contribution < -0.4 is 10.1 Å². The van der Waals surface area contributed by atoms with E-state index < -0.39 is 0 Å². The Bertz CT molecular complexity index is 882. The number of aryl methyl sites for hydroxylation is 2. The van der Waals surface area contributed by atoms with Gasteiger partial charge in [0.1, 0.15) is 18.0 Å². The molecule has 0 aliphatic heterocycles. The Morgan fingerprint density at radius 2 is 1.93 bits per heavy atom. The van der Waals surface area contributed by atoms with Gasteiger partial charge in [0.25, 0.3) is 0 Å². The summed E-state index contributed by atoms with van der Waals surface area (Å²) in [4.78, 5) is 11.0. The number of nitrogens with one attached hydrogen (secondary N) is 2. The van der Waals surface area contributed by atoms with Crippen molar-refractivity contribution in [3.8, 4) is 5.75 Å². The van der Waals surface area contributed by atoms with Crippen LogP contribution in [0.3, 0.4) is 0 Å². The molecule has 0 radical (unpaired) electrons. The van der Waals surface area contributed by atoms with Gasteiger partial charge in [0.05, 0.1) is 12.8 Å². The minimum absolute atomic E-state index is 0.262. The second kappa shape index (κ2) is 8.98. The largest absolute Gasteiger partial charge is 0.489 e. The molecule has 6 nitrogen and oxygen atoms in total. The lowest BCUT2D eigenvalue weighted by Gasteiger charge is -2.15. The number of hydrogen-bond donors (Lipinski definition) is 2. The minimum atomic E-state index is 0.262. The number of hydrogen-bond acceptors (Lipinski definition) is 6. The third-order valence-electron chi connectivity index (χ3n) is 4.47. The van der Waals surface area contributed by atoms with Gasteiger partial charge in [-0.3, -0.25) is 5.41 Å². The number of nitroso groups, excluding NO2 is 1. The van der Waals surface area contributed by atoms with E-state index in [4.69, 9.17) is 14.9 Å². The monoisotopic (exact) mass is 367 g/mol. The first kappa shape index (κ1) is 20.2. The molecule has 0 saturated heterocycles. The summed E-state index contributed by atoms with van der Waals surface area (Å²) in [5.74, 6) is 1.26. The minimum Gasteiger partial charge on any atom is -0.489 e. The van der Waals surface area contributed by atoms with Crippen molar-refractivity contribution in [3.05, 3.63) is 75.0 Å². The highest BCUT2D eigenvalue weighted by molar-refractivity contribution is 6.10. The van der Waals surface area contributed by atoms with Crippen molar-refractivity contribution in [2.75, 3.05) is 14.2 Å². The summed E-state index contributed by atoms with van der Waals surface area (Å²) < 4.78 is 11.2. The van der Waals surface area contributed by atoms with Gasteiger partial charge in [-0.1, -0.05) is 12.1 Å². The molecule has 2 aromatic carbocycles. The van der Waals surface area contributed by atoms with E-state index >= 15 is 0 Å². The van der Waals surface area contributed by atoms with Crippen molar-refractivity contribution < 1.29 is 9.47 Å². The fraction of sp³-hybridized carbons (Fsp3) is 0.286. The predicted molar refractivity (Wildman–Crippen MR) is 108 cm³/mol. The lowest BCUT2D eigenvalue weighted by atomic mass is 10.0. The van der Waals surface area contributed by atoms with E-state index in [1.54, 1.807) is 26.3 Å². The molecular weight excluding hydrogens is 342 g/mol. The van der Waals surface area contributed by atoms with Crippen LogP contribution in [-0.4, -0.2) is 19.9 Å². The van der Waals surface area contributed by atoms with Crippen LogP contribution in [0.1, 0.15) is 29.2 Å². The summed E-state index contributed by atoms with van der Waals surface area (Å²) in [6.45, 7) is 5.95. The molecule has 0 aliphatic rings. The van der Waals surface area contributed by atoms with E-state index in [-0.39, 0.29) is 6.61 Å². The molecule has 0 spiro atoms. The number of allylic oxidation sites excluding steroid dienone is 1. The number of rotatable bonds is 8. The van der Waals surface area contributed by atoms with E-state index in [9.17, 15) is 4.91 Å². The molecule has 2 rings (SSSR count). The zero-order chi connectivity index (χ0) is 20.0. The topological polar surface area (TPSA) is 83.8 Å².